The molecule has 0 unspecified atom stereocenters. The highest BCUT2D eigenvalue weighted by Crippen LogP contribution is 2.35. The summed E-state index contributed by atoms with van der Waals surface area (Å²) in [5, 5.41) is 5.42. The molecule has 0 saturated carbocycles. The molecule has 1 fully saturated rings. The van der Waals surface area contributed by atoms with Crippen LogP contribution in [0.3, 0.4) is 0 Å². The highest BCUT2D eigenvalue weighted by Gasteiger charge is 2.46. The summed E-state index contributed by atoms with van der Waals surface area (Å²) in [5.41, 5.74) is 1.04. The Kier molecular flexibility index (Phi) is 5.69. The van der Waals surface area contributed by atoms with Crippen molar-refractivity contribution in [3.8, 4) is 0 Å². The summed E-state index contributed by atoms with van der Waals surface area (Å²) in [6.45, 7) is 1.65. The van der Waals surface area contributed by atoms with E-state index in [0.29, 0.717) is 30.6 Å². The first-order valence-corrected chi connectivity index (χ1v) is 9.14. The van der Waals surface area contributed by atoms with Crippen LogP contribution in [0.2, 0.25) is 0 Å². The number of nitrogens with one attached hydrogen (secondary N) is 2. The van der Waals surface area contributed by atoms with Gasteiger partial charge in [0, 0.05) is 19.9 Å². The van der Waals surface area contributed by atoms with E-state index in [1.165, 1.54) is 11.8 Å². The Morgan fingerprint density at radius 2 is 1.56 bits per heavy atom. The number of carbonyl (C=O) groups excluding carboxylic acids is 4. The molecule has 0 spiro atoms. The molecule has 0 bridgehead atoms. The molecule has 4 amide bonds. The van der Waals surface area contributed by atoms with Crippen LogP contribution in [0.15, 0.2) is 36.4 Å². The first-order chi connectivity index (χ1) is 13.0. The third kappa shape index (κ3) is 4.24. The van der Waals surface area contributed by atoms with Gasteiger partial charge >= 0.3 is 0 Å². The highest BCUT2D eigenvalue weighted by molar-refractivity contribution is 6.05. The highest BCUT2D eigenvalue weighted by atomic mass is 16.2. The molecule has 2 aliphatic rings. The number of benzene rings is 1. The number of amides is 4. The molecule has 1 aliphatic carbocycles. The molecular formula is C20H23N3O4. The third-order valence-electron chi connectivity index (χ3n) is 4.90. The van der Waals surface area contributed by atoms with Gasteiger partial charge < -0.3 is 10.6 Å². The predicted octanol–water partition coefficient (Wildman–Crippen LogP) is 2.31. The zero-order valence-electron chi connectivity index (χ0n) is 15.2. The third-order valence-corrected chi connectivity index (χ3v) is 4.90. The fourth-order valence-corrected chi connectivity index (χ4v) is 3.59. The van der Waals surface area contributed by atoms with Gasteiger partial charge in [-0.25, -0.2) is 0 Å². The Morgan fingerprint density at radius 1 is 1.00 bits per heavy atom. The number of fused-ring (bicyclic) bond motifs is 1. The molecule has 1 aliphatic heterocycles. The van der Waals surface area contributed by atoms with Crippen molar-refractivity contribution in [2.75, 3.05) is 17.2 Å². The summed E-state index contributed by atoms with van der Waals surface area (Å²) < 4.78 is 0. The lowest BCUT2D eigenvalue weighted by molar-refractivity contribution is -0.140. The van der Waals surface area contributed by atoms with Crippen LogP contribution in [0.5, 0.6) is 0 Å². The minimum absolute atomic E-state index is 0.120. The van der Waals surface area contributed by atoms with Gasteiger partial charge in [-0.05, 0) is 31.4 Å². The summed E-state index contributed by atoms with van der Waals surface area (Å²) in [4.78, 5) is 49.6. The fraction of sp³-hybridized carbons (Fsp3) is 0.400. The van der Waals surface area contributed by atoms with Gasteiger partial charge in [-0.2, -0.15) is 0 Å². The zero-order valence-corrected chi connectivity index (χ0v) is 15.2. The van der Waals surface area contributed by atoms with Crippen LogP contribution in [0.25, 0.3) is 0 Å². The molecule has 0 radical (unpaired) electrons. The topological polar surface area (TPSA) is 95.6 Å². The van der Waals surface area contributed by atoms with E-state index >= 15 is 0 Å². The molecule has 2 atom stereocenters. The van der Waals surface area contributed by atoms with Gasteiger partial charge in [0.05, 0.1) is 23.2 Å². The maximum atomic E-state index is 12.4. The number of carbonyl (C=O) groups is 4. The quantitative estimate of drug-likeness (QED) is 0.594. The van der Waals surface area contributed by atoms with Crippen LogP contribution < -0.4 is 10.6 Å². The summed E-state index contributed by atoms with van der Waals surface area (Å²) in [6.07, 6.45) is 5.72. The Bertz CT molecular complexity index is 776. The Hall–Kier alpha value is -2.96. The summed E-state index contributed by atoms with van der Waals surface area (Å²) in [5.74, 6) is -1.16. The maximum Gasteiger partial charge on any atom is 0.233 e. The monoisotopic (exact) mass is 369 g/mol. The molecule has 27 heavy (non-hydrogen) atoms. The molecule has 0 aromatic heterocycles. The van der Waals surface area contributed by atoms with E-state index in [1.807, 2.05) is 12.2 Å². The van der Waals surface area contributed by atoms with Crippen molar-refractivity contribution in [1.82, 2.24) is 4.90 Å². The van der Waals surface area contributed by atoms with Crippen LogP contribution >= 0.6 is 0 Å². The molecule has 1 saturated heterocycles. The van der Waals surface area contributed by atoms with Crippen molar-refractivity contribution in [3.63, 3.8) is 0 Å². The number of nitrogens with zero attached hydrogens (tertiary/aromatic N) is 1. The molecule has 1 aromatic carbocycles. The van der Waals surface area contributed by atoms with E-state index in [1.54, 1.807) is 24.3 Å². The van der Waals surface area contributed by atoms with Gasteiger partial charge in [0.2, 0.25) is 23.6 Å². The molecular weight excluding hydrogens is 346 g/mol. The average Bonchev–Trinajstić information content (AvgIpc) is 2.88. The summed E-state index contributed by atoms with van der Waals surface area (Å²) >= 11 is 0. The Balaban J connectivity index is 1.51. The van der Waals surface area contributed by atoms with Gasteiger partial charge in [0.15, 0.2) is 0 Å². The smallest absolute Gasteiger partial charge is 0.233 e. The number of hydrogen-bond donors (Lipinski definition) is 2. The van der Waals surface area contributed by atoms with Crippen molar-refractivity contribution < 1.29 is 19.2 Å². The number of likely N-dealkylation sites (tertiary alicyclic amines) is 1. The van der Waals surface area contributed by atoms with Crippen LogP contribution in [-0.2, 0) is 19.2 Å². The number of allylic oxidation sites excluding steroid dienone is 2. The second-order valence-corrected chi connectivity index (χ2v) is 6.86. The van der Waals surface area contributed by atoms with Crippen molar-refractivity contribution in [1.29, 1.82) is 0 Å². The van der Waals surface area contributed by atoms with E-state index in [9.17, 15) is 19.2 Å². The molecule has 7 nitrogen and oxygen atoms in total. The molecule has 1 aromatic rings. The van der Waals surface area contributed by atoms with Gasteiger partial charge in [0.1, 0.15) is 0 Å². The van der Waals surface area contributed by atoms with Gasteiger partial charge in [-0.3, -0.25) is 24.1 Å². The van der Waals surface area contributed by atoms with Crippen LogP contribution in [0.4, 0.5) is 11.4 Å². The number of anilines is 2. The lowest BCUT2D eigenvalue weighted by Crippen LogP contribution is -2.32. The van der Waals surface area contributed by atoms with E-state index in [4.69, 9.17) is 0 Å². The van der Waals surface area contributed by atoms with Gasteiger partial charge in [0.25, 0.3) is 0 Å². The minimum atomic E-state index is -0.235. The number of rotatable bonds is 6. The van der Waals surface area contributed by atoms with Gasteiger partial charge in [-0.1, -0.05) is 24.3 Å². The van der Waals surface area contributed by atoms with E-state index in [0.717, 1.165) is 0 Å². The van der Waals surface area contributed by atoms with Crippen molar-refractivity contribution in [3.05, 3.63) is 36.4 Å². The lowest BCUT2D eigenvalue weighted by Gasteiger charge is -2.15. The SMILES string of the molecule is CC(=O)Nc1ccccc1NC(=O)CCCN1C(=O)[C@H]2CC=CC[C@@H]2C1=O. The Labute approximate surface area is 157 Å². The lowest BCUT2D eigenvalue weighted by atomic mass is 9.85. The van der Waals surface area contributed by atoms with E-state index < -0.39 is 0 Å². The number of imide groups is 1. The normalized spacial score (nSPS) is 21.1. The number of para-hydroxylation sites is 2. The zero-order chi connectivity index (χ0) is 19.4. The van der Waals surface area contributed by atoms with Crippen molar-refractivity contribution >= 4 is 35.0 Å². The molecule has 3 rings (SSSR count). The Morgan fingerprint density at radius 3 is 2.11 bits per heavy atom. The molecule has 7 heteroatoms. The summed E-state index contributed by atoms with van der Waals surface area (Å²) in [7, 11) is 0. The van der Waals surface area contributed by atoms with Gasteiger partial charge in [-0.15, -0.1) is 0 Å². The number of hydrogen-bond acceptors (Lipinski definition) is 4. The summed E-state index contributed by atoms with van der Waals surface area (Å²) in [6, 6.07) is 6.93. The standard InChI is InChI=1S/C20H23N3O4/c1-13(24)21-16-9-4-5-10-17(16)22-18(25)11-6-12-23-19(26)14-7-2-3-8-15(14)20(23)27/h2-5,9-10,14-15H,6-8,11-12H2,1H3,(H,21,24)(H,22,25)/t14-,15-/m0/s1. The largest absolute Gasteiger partial charge is 0.325 e. The second kappa shape index (κ2) is 8.16. The van der Waals surface area contributed by atoms with Crippen LogP contribution in [0.1, 0.15) is 32.6 Å². The second-order valence-electron chi connectivity index (χ2n) is 6.86. The predicted molar refractivity (Wildman–Crippen MR) is 101 cm³/mol. The molecule has 2 N–H and O–H groups in total. The van der Waals surface area contributed by atoms with E-state index in [2.05, 4.69) is 10.6 Å². The fourth-order valence-electron chi connectivity index (χ4n) is 3.59. The molecule has 1 heterocycles. The van der Waals surface area contributed by atoms with Crippen molar-refractivity contribution in [2.45, 2.75) is 32.6 Å². The van der Waals surface area contributed by atoms with Crippen LogP contribution in [-0.4, -0.2) is 35.1 Å². The molecule has 142 valence electrons. The van der Waals surface area contributed by atoms with E-state index in [-0.39, 0.29) is 48.4 Å². The maximum absolute atomic E-state index is 12.4. The average molecular weight is 369 g/mol. The first kappa shape index (κ1) is 18.8. The van der Waals surface area contributed by atoms with Crippen molar-refractivity contribution in [2.24, 2.45) is 11.8 Å². The van der Waals surface area contributed by atoms with Crippen LogP contribution in [0, 0.1) is 11.8 Å². The first-order valence-electron chi connectivity index (χ1n) is 9.14. The minimum Gasteiger partial charge on any atom is -0.325 e.